The SMILES string of the molecule is CCCCCCCCCCCCn1c(O)c2c(C)c3cc4[nH]c(cc5[nH]c(cc6nc(c(c-2n3)c1O)[C@@H](CCC(=O)OC)[C@@H]6C)c(C)c5C(C)OC)c(C)c4CC. The minimum absolute atomic E-state index is 0.0136. The molecule has 0 saturated carbocycles. The molecule has 3 aliphatic heterocycles. The van der Waals surface area contributed by atoms with Gasteiger partial charge in [0, 0.05) is 65.2 Å². The predicted octanol–water partition coefficient (Wildman–Crippen LogP) is 11.9. The van der Waals surface area contributed by atoms with Gasteiger partial charge in [-0.1, -0.05) is 78.6 Å². The third-order valence-electron chi connectivity index (χ3n) is 12.8. The lowest BCUT2D eigenvalue weighted by molar-refractivity contribution is -0.140. The maximum absolute atomic E-state index is 12.6. The lowest BCUT2D eigenvalue weighted by Gasteiger charge is -2.21. The van der Waals surface area contributed by atoms with Crippen molar-refractivity contribution in [2.75, 3.05) is 14.2 Å². The summed E-state index contributed by atoms with van der Waals surface area (Å²) in [5.41, 5.74) is 12.5. The van der Waals surface area contributed by atoms with Crippen LogP contribution in [0.1, 0.15) is 162 Å². The quantitative estimate of drug-likeness (QED) is 0.0544. The summed E-state index contributed by atoms with van der Waals surface area (Å²) in [5.74, 6) is -0.649. The number of aryl methyl sites for hydroxylation is 4. The van der Waals surface area contributed by atoms with Crippen LogP contribution in [0.2, 0.25) is 0 Å². The zero-order valence-corrected chi connectivity index (χ0v) is 35.8. The predicted molar refractivity (Wildman–Crippen MR) is 231 cm³/mol. The average Bonchev–Trinajstić information content (AvgIpc) is 3.88. The lowest BCUT2D eigenvalue weighted by atomic mass is 9.85. The third-order valence-corrected chi connectivity index (χ3v) is 12.8. The number of aromatic amines is 2. The standard InChI is InChI=1S/C47H65N5O5/c1-10-12-13-14-15-16-17-18-19-20-23-52-46(54)42-30(6)37-25-38-32(11-2)27(3)34(48-38)26-39-41(31(7)56-8)29(5)36(49-39)24-35-28(4)33(21-22-40(53)57-9)44(50-35)43(47(52)55)45(42)51-37/h24-26,28,31,33,48-49,54-55H,10-23H2,1-9H3/t28-,31?,33-/m0/s1. The van der Waals surface area contributed by atoms with Crippen LogP contribution in [0.25, 0.3) is 44.2 Å². The average molecular weight is 780 g/mol. The van der Waals surface area contributed by atoms with E-state index in [4.69, 9.17) is 19.4 Å². The van der Waals surface area contributed by atoms with Gasteiger partial charge in [0.15, 0.2) is 0 Å². The molecule has 3 atom stereocenters. The number of carbonyl (C=O) groups excluding carboxylic acids is 1. The number of rotatable bonds is 17. The molecule has 0 spiro atoms. The van der Waals surface area contributed by atoms with E-state index in [9.17, 15) is 15.0 Å². The van der Waals surface area contributed by atoms with E-state index >= 15 is 0 Å². The van der Waals surface area contributed by atoms with Crippen LogP contribution in [0, 0.1) is 20.8 Å². The van der Waals surface area contributed by atoms with Gasteiger partial charge in [0.25, 0.3) is 0 Å². The van der Waals surface area contributed by atoms with Gasteiger partial charge in [-0.25, -0.2) is 4.98 Å². The van der Waals surface area contributed by atoms with Crippen molar-refractivity contribution < 1.29 is 24.5 Å². The molecule has 0 aliphatic carbocycles. The van der Waals surface area contributed by atoms with Crippen LogP contribution in [0.3, 0.4) is 0 Å². The number of pyridine rings is 1. The first kappa shape index (κ1) is 42.0. The highest BCUT2D eigenvalue weighted by Gasteiger charge is 2.35. The minimum atomic E-state index is -0.293. The Morgan fingerprint density at radius 3 is 2.12 bits per heavy atom. The highest BCUT2D eigenvalue weighted by Crippen LogP contribution is 2.50. The molecule has 57 heavy (non-hydrogen) atoms. The highest BCUT2D eigenvalue weighted by molar-refractivity contribution is 5.96. The van der Waals surface area contributed by atoms with Crippen molar-refractivity contribution in [3.63, 3.8) is 0 Å². The van der Waals surface area contributed by atoms with E-state index in [2.05, 4.69) is 69.7 Å². The Bertz CT molecular complexity index is 2300. The van der Waals surface area contributed by atoms with Crippen molar-refractivity contribution in [3.05, 3.63) is 57.4 Å². The molecule has 3 aromatic rings. The Kier molecular flexibility index (Phi) is 13.5. The molecule has 0 saturated heterocycles. The fraction of sp³-hybridized carbons (Fsp3) is 0.553. The van der Waals surface area contributed by atoms with Crippen LogP contribution >= 0.6 is 0 Å². The number of unbranched alkanes of at least 4 members (excludes halogenated alkanes) is 9. The van der Waals surface area contributed by atoms with E-state index in [0.29, 0.717) is 40.8 Å². The summed E-state index contributed by atoms with van der Waals surface area (Å²) in [6, 6.07) is 6.34. The molecule has 8 bridgehead atoms. The fourth-order valence-electron chi connectivity index (χ4n) is 9.16. The molecule has 0 amide bonds. The molecular weight excluding hydrogens is 715 g/mol. The largest absolute Gasteiger partial charge is 0.494 e. The number of nitrogens with one attached hydrogen (secondary N) is 2. The van der Waals surface area contributed by atoms with Crippen LogP contribution < -0.4 is 0 Å². The Hall–Kier alpha value is -4.57. The molecule has 0 radical (unpaired) electrons. The number of hydrogen-bond acceptors (Lipinski definition) is 7. The van der Waals surface area contributed by atoms with Gasteiger partial charge in [0.05, 0.1) is 41.1 Å². The number of fused-ring (bicyclic) bond motifs is 8. The number of H-pyrrole nitrogens is 2. The van der Waals surface area contributed by atoms with E-state index in [1.165, 1.54) is 57.6 Å². The van der Waals surface area contributed by atoms with E-state index in [1.54, 1.807) is 11.7 Å². The van der Waals surface area contributed by atoms with Crippen molar-refractivity contribution in [3.8, 4) is 23.0 Å². The van der Waals surface area contributed by atoms with Crippen LogP contribution in [0.5, 0.6) is 11.8 Å². The maximum atomic E-state index is 12.6. The summed E-state index contributed by atoms with van der Waals surface area (Å²) in [5, 5.41) is 24.9. The lowest BCUT2D eigenvalue weighted by Crippen LogP contribution is -2.09. The van der Waals surface area contributed by atoms with Gasteiger partial charge in [0.2, 0.25) is 11.8 Å². The number of esters is 1. The van der Waals surface area contributed by atoms with Crippen molar-refractivity contribution in [1.29, 1.82) is 0 Å². The topological polar surface area (TPSA) is 138 Å². The van der Waals surface area contributed by atoms with Crippen LogP contribution in [0.4, 0.5) is 0 Å². The Morgan fingerprint density at radius 1 is 0.825 bits per heavy atom. The normalized spacial score (nSPS) is 15.6. The second kappa shape index (κ2) is 18.3. The first-order chi connectivity index (χ1) is 27.4. The van der Waals surface area contributed by atoms with Gasteiger partial charge in [-0.3, -0.25) is 14.3 Å². The molecule has 10 heteroatoms. The molecule has 6 heterocycles. The number of aromatic nitrogens is 5. The van der Waals surface area contributed by atoms with E-state index in [-0.39, 0.29) is 42.1 Å². The van der Waals surface area contributed by atoms with Crippen LogP contribution in [-0.2, 0) is 27.2 Å². The van der Waals surface area contributed by atoms with Crippen molar-refractivity contribution in [2.45, 2.75) is 156 Å². The third kappa shape index (κ3) is 8.38. The van der Waals surface area contributed by atoms with E-state index in [1.807, 2.05) is 6.92 Å². The number of methoxy groups -OCH3 is 2. The molecular formula is C47H65N5O5. The summed E-state index contributed by atoms with van der Waals surface area (Å²) in [6.07, 6.45) is 13.2. The van der Waals surface area contributed by atoms with Crippen LogP contribution in [-0.4, -0.2) is 54.9 Å². The number of carbonyl (C=O) groups is 1. The Balaban J connectivity index is 1.61. The number of hydrogen-bond donors (Lipinski definition) is 4. The zero-order valence-electron chi connectivity index (χ0n) is 35.8. The summed E-state index contributed by atoms with van der Waals surface area (Å²) < 4.78 is 12.6. The fourth-order valence-corrected chi connectivity index (χ4v) is 9.16. The minimum Gasteiger partial charge on any atom is -0.494 e. The van der Waals surface area contributed by atoms with Gasteiger partial charge in [-0.15, -0.1) is 0 Å². The van der Waals surface area contributed by atoms with Crippen LogP contribution in [0.15, 0.2) is 18.2 Å². The summed E-state index contributed by atoms with van der Waals surface area (Å²) >= 11 is 0. The van der Waals surface area contributed by atoms with Crippen molar-refractivity contribution in [1.82, 2.24) is 24.5 Å². The molecule has 308 valence electrons. The maximum Gasteiger partial charge on any atom is 0.305 e. The second-order valence-electron chi connectivity index (χ2n) is 16.3. The smallest absolute Gasteiger partial charge is 0.305 e. The number of aromatic hydroxyl groups is 2. The molecule has 3 aliphatic rings. The van der Waals surface area contributed by atoms with Crippen molar-refractivity contribution in [2.24, 2.45) is 0 Å². The molecule has 0 aromatic carbocycles. The molecule has 6 rings (SSSR count). The van der Waals surface area contributed by atoms with Gasteiger partial charge >= 0.3 is 5.97 Å². The first-order valence-corrected chi connectivity index (χ1v) is 21.4. The van der Waals surface area contributed by atoms with E-state index < -0.39 is 0 Å². The van der Waals surface area contributed by atoms with Gasteiger partial charge in [-0.05, 0) is 87.4 Å². The molecule has 1 unspecified atom stereocenters. The summed E-state index contributed by atoms with van der Waals surface area (Å²) in [6.45, 7) is 15.3. The molecule has 3 aromatic heterocycles. The summed E-state index contributed by atoms with van der Waals surface area (Å²) in [7, 11) is 3.14. The number of nitrogens with zero attached hydrogens (tertiary/aromatic N) is 3. The molecule has 4 N–H and O–H groups in total. The van der Waals surface area contributed by atoms with Gasteiger partial charge < -0.3 is 29.7 Å². The van der Waals surface area contributed by atoms with Gasteiger partial charge in [-0.2, -0.15) is 0 Å². The second-order valence-corrected chi connectivity index (χ2v) is 16.3. The summed E-state index contributed by atoms with van der Waals surface area (Å²) in [4.78, 5) is 30.6. The molecule has 0 fully saturated rings. The molecule has 10 nitrogen and oxygen atoms in total. The van der Waals surface area contributed by atoms with E-state index in [0.717, 1.165) is 75.7 Å². The highest BCUT2D eigenvalue weighted by atomic mass is 16.5. The Labute approximate surface area is 338 Å². The monoisotopic (exact) mass is 779 g/mol. The van der Waals surface area contributed by atoms with Crippen molar-refractivity contribution >= 4 is 38.9 Å². The van der Waals surface area contributed by atoms with Gasteiger partial charge in [0.1, 0.15) is 0 Å². The first-order valence-electron chi connectivity index (χ1n) is 21.4. The Morgan fingerprint density at radius 2 is 1.47 bits per heavy atom. The zero-order chi connectivity index (χ0) is 41.0. The number of ether oxygens (including phenoxy) is 2.